The lowest BCUT2D eigenvalue weighted by atomic mass is 10.2. The van der Waals surface area contributed by atoms with Crippen molar-refractivity contribution in [2.75, 3.05) is 34.2 Å². The van der Waals surface area contributed by atoms with E-state index in [2.05, 4.69) is 5.32 Å². The Labute approximate surface area is 136 Å². The number of carbonyl (C=O) groups is 2. The number of amides is 2. The molecule has 1 rings (SSSR count). The van der Waals surface area contributed by atoms with Crippen LogP contribution >= 0.6 is 0 Å². The summed E-state index contributed by atoms with van der Waals surface area (Å²) in [6.07, 6.45) is 1.46. The smallest absolute Gasteiger partial charge is 0.241 e. The summed E-state index contributed by atoms with van der Waals surface area (Å²) in [5.74, 6) is -0.813. The molecule has 1 N–H and O–H groups in total. The topological polar surface area (TPSA) is 86.8 Å². The molecule has 0 atom stereocenters. The van der Waals surface area contributed by atoms with Crippen LogP contribution in [0.4, 0.5) is 0 Å². The third-order valence-electron chi connectivity index (χ3n) is 2.97. The SMILES string of the molecule is CN(C)C(=O)CNC(=O)CN(C)S(=O)(=O)/C=C/c1ccccc1. The van der Waals surface area contributed by atoms with E-state index >= 15 is 0 Å². The number of benzene rings is 1. The van der Waals surface area contributed by atoms with Gasteiger partial charge in [-0.2, -0.15) is 4.31 Å². The van der Waals surface area contributed by atoms with Gasteiger partial charge in [-0.25, -0.2) is 8.42 Å². The monoisotopic (exact) mass is 339 g/mol. The zero-order valence-corrected chi connectivity index (χ0v) is 14.2. The maximum atomic E-state index is 12.1. The second kappa shape index (κ2) is 8.44. The van der Waals surface area contributed by atoms with Crippen LogP contribution in [0.15, 0.2) is 35.7 Å². The molecule has 0 heterocycles. The Kier molecular flexibility index (Phi) is 6.92. The van der Waals surface area contributed by atoms with Crippen molar-refractivity contribution in [2.24, 2.45) is 0 Å². The van der Waals surface area contributed by atoms with Crippen LogP contribution in [-0.2, 0) is 19.6 Å². The van der Waals surface area contributed by atoms with Gasteiger partial charge in [-0.1, -0.05) is 30.3 Å². The van der Waals surface area contributed by atoms with Gasteiger partial charge in [0.15, 0.2) is 0 Å². The van der Waals surface area contributed by atoms with Gasteiger partial charge < -0.3 is 10.2 Å². The largest absolute Gasteiger partial charge is 0.347 e. The molecule has 2 amide bonds. The molecule has 1 aromatic carbocycles. The fraction of sp³-hybridized carbons (Fsp3) is 0.333. The van der Waals surface area contributed by atoms with Gasteiger partial charge >= 0.3 is 0 Å². The molecule has 0 unspecified atom stereocenters. The van der Waals surface area contributed by atoms with E-state index in [9.17, 15) is 18.0 Å². The first kappa shape index (κ1) is 18.9. The van der Waals surface area contributed by atoms with Crippen molar-refractivity contribution in [1.82, 2.24) is 14.5 Å². The highest BCUT2D eigenvalue weighted by Gasteiger charge is 2.18. The molecular weight excluding hydrogens is 318 g/mol. The third-order valence-corrected chi connectivity index (χ3v) is 4.45. The zero-order chi connectivity index (χ0) is 17.5. The first-order valence-electron chi connectivity index (χ1n) is 6.88. The van der Waals surface area contributed by atoms with Crippen molar-refractivity contribution in [3.05, 3.63) is 41.3 Å². The molecule has 0 aliphatic carbocycles. The Bertz CT molecular complexity index is 669. The summed E-state index contributed by atoms with van der Waals surface area (Å²) in [4.78, 5) is 24.4. The number of sulfonamides is 1. The predicted molar refractivity (Wildman–Crippen MR) is 88.7 cm³/mol. The number of rotatable bonds is 7. The van der Waals surface area contributed by atoms with E-state index in [1.165, 1.54) is 18.0 Å². The van der Waals surface area contributed by atoms with Crippen LogP contribution in [0.25, 0.3) is 6.08 Å². The molecule has 0 saturated carbocycles. The molecule has 126 valence electrons. The molecule has 7 nitrogen and oxygen atoms in total. The maximum Gasteiger partial charge on any atom is 0.241 e. The highest BCUT2D eigenvalue weighted by atomic mass is 32.2. The Morgan fingerprint density at radius 2 is 1.74 bits per heavy atom. The average molecular weight is 339 g/mol. The van der Waals surface area contributed by atoms with E-state index in [4.69, 9.17) is 0 Å². The van der Waals surface area contributed by atoms with Gasteiger partial charge in [0.25, 0.3) is 0 Å². The predicted octanol–water partition coefficient (Wildman–Crippen LogP) is 0.123. The van der Waals surface area contributed by atoms with Crippen molar-refractivity contribution in [3.8, 4) is 0 Å². The fourth-order valence-corrected chi connectivity index (χ4v) is 2.35. The molecule has 23 heavy (non-hydrogen) atoms. The lowest BCUT2D eigenvalue weighted by Gasteiger charge is -2.15. The van der Waals surface area contributed by atoms with Crippen LogP contribution in [0.2, 0.25) is 0 Å². The minimum atomic E-state index is -3.71. The highest BCUT2D eigenvalue weighted by Crippen LogP contribution is 2.06. The second-order valence-electron chi connectivity index (χ2n) is 5.08. The van der Waals surface area contributed by atoms with E-state index < -0.39 is 15.9 Å². The summed E-state index contributed by atoms with van der Waals surface area (Å²) in [6.45, 7) is -0.526. The van der Waals surface area contributed by atoms with E-state index in [1.807, 2.05) is 6.07 Å². The Morgan fingerprint density at radius 1 is 1.13 bits per heavy atom. The van der Waals surface area contributed by atoms with Crippen LogP contribution in [0.5, 0.6) is 0 Å². The molecule has 1 aromatic rings. The summed E-state index contributed by atoms with van der Waals surface area (Å²) in [6, 6.07) is 8.96. The summed E-state index contributed by atoms with van der Waals surface area (Å²) in [7, 11) is 0.730. The van der Waals surface area contributed by atoms with E-state index in [-0.39, 0.29) is 19.0 Å². The number of hydrogen-bond acceptors (Lipinski definition) is 4. The third kappa shape index (κ3) is 6.62. The first-order valence-corrected chi connectivity index (χ1v) is 8.39. The summed E-state index contributed by atoms with van der Waals surface area (Å²) in [5, 5.41) is 3.42. The Morgan fingerprint density at radius 3 is 2.30 bits per heavy atom. The zero-order valence-electron chi connectivity index (χ0n) is 13.4. The van der Waals surface area contributed by atoms with Gasteiger partial charge in [0, 0.05) is 26.6 Å². The van der Waals surface area contributed by atoms with Crippen LogP contribution in [-0.4, -0.2) is 63.7 Å². The summed E-state index contributed by atoms with van der Waals surface area (Å²) < 4.78 is 25.1. The number of carbonyl (C=O) groups excluding carboxylic acids is 2. The molecule has 0 fully saturated rings. The van der Waals surface area contributed by atoms with Gasteiger partial charge in [-0.05, 0) is 11.6 Å². The number of likely N-dealkylation sites (N-methyl/N-ethyl adjacent to an activating group) is 2. The Hall–Kier alpha value is -2.19. The van der Waals surface area contributed by atoms with Gasteiger partial charge in [0.1, 0.15) is 0 Å². The van der Waals surface area contributed by atoms with Gasteiger partial charge in [0.2, 0.25) is 21.8 Å². The van der Waals surface area contributed by atoms with Crippen molar-refractivity contribution in [2.45, 2.75) is 0 Å². The minimum Gasteiger partial charge on any atom is -0.347 e. The van der Waals surface area contributed by atoms with Crippen LogP contribution in [0.1, 0.15) is 5.56 Å². The number of nitrogens with zero attached hydrogens (tertiary/aromatic N) is 2. The molecular formula is C15H21N3O4S. The van der Waals surface area contributed by atoms with Crippen molar-refractivity contribution in [1.29, 1.82) is 0 Å². The quantitative estimate of drug-likeness (QED) is 0.765. The molecule has 0 aliphatic heterocycles. The van der Waals surface area contributed by atoms with Crippen molar-refractivity contribution < 1.29 is 18.0 Å². The molecule has 0 aliphatic rings. The standard InChI is InChI=1S/C15H21N3O4S/c1-17(2)15(20)11-16-14(19)12-18(3)23(21,22)10-9-13-7-5-4-6-8-13/h4-10H,11-12H2,1-3H3,(H,16,19)/b10-9+. The summed E-state index contributed by atoms with van der Waals surface area (Å²) in [5.41, 5.74) is 0.741. The molecule has 0 aromatic heterocycles. The Balaban J connectivity index is 2.58. The van der Waals surface area contributed by atoms with Crippen molar-refractivity contribution >= 4 is 27.9 Å². The van der Waals surface area contributed by atoms with E-state index in [1.54, 1.807) is 38.4 Å². The second-order valence-corrected chi connectivity index (χ2v) is 7.00. The van der Waals surface area contributed by atoms with Crippen LogP contribution in [0, 0.1) is 0 Å². The maximum absolute atomic E-state index is 12.1. The normalized spacial score (nSPS) is 11.7. The van der Waals surface area contributed by atoms with E-state index in [0.29, 0.717) is 0 Å². The lowest BCUT2D eigenvalue weighted by Crippen LogP contribution is -2.41. The number of hydrogen-bond donors (Lipinski definition) is 1. The highest BCUT2D eigenvalue weighted by molar-refractivity contribution is 7.92. The molecule has 0 spiro atoms. The van der Waals surface area contributed by atoms with Crippen molar-refractivity contribution in [3.63, 3.8) is 0 Å². The molecule has 0 saturated heterocycles. The van der Waals surface area contributed by atoms with Crippen LogP contribution < -0.4 is 5.32 Å². The van der Waals surface area contributed by atoms with Gasteiger partial charge in [-0.3, -0.25) is 9.59 Å². The average Bonchev–Trinajstić information content (AvgIpc) is 2.51. The molecule has 0 bridgehead atoms. The fourth-order valence-electron chi connectivity index (χ4n) is 1.51. The van der Waals surface area contributed by atoms with Crippen LogP contribution in [0.3, 0.4) is 0 Å². The first-order chi connectivity index (χ1) is 10.7. The number of nitrogens with one attached hydrogen (secondary N) is 1. The van der Waals surface area contributed by atoms with Gasteiger partial charge in [0.05, 0.1) is 13.1 Å². The summed E-state index contributed by atoms with van der Waals surface area (Å²) >= 11 is 0. The van der Waals surface area contributed by atoms with E-state index in [0.717, 1.165) is 15.3 Å². The molecule has 0 radical (unpaired) electrons. The molecule has 8 heteroatoms. The minimum absolute atomic E-state index is 0.167. The lowest BCUT2D eigenvalue weighted by molar-refractivity contribution is -0.130. The van der Waals surface area contributed by atoms with Gasteiger partial charge in [-0.15, -0.1) is 0 Å².